The van der Waals surface area contributed by atoms with Gasteiger partial charge in [0.2, 0.25) is 0 Å². The Morgan fingerprint density at radius 2 is 0.650 bits per heavy atom. The second kappa shape index (κ2) is 44.9. The first kappa shape index (κ1) is 72.4. The van der Waals surface area contributed by atoms with E-state index in [0.717, 1.165) is 25.7 Å². The van der Waals surface area contributed by atoms with E-state index in [1.165, 1.54) is 101 Å². The molecule has 4 atom stereocenters. The van der Waals surface area contributed by atoms with E-state index in [2.05, 4.69) is 20.1 Å². The number of carboxylic acid groups (broad SMARTS) is 2. The maximum absolute atomic E-state index is 14.7. The number of alkyl halides is 2. The second-order valence-corrected chi connectivity index (χ2v) is 21.4. The van der Waals surface area contributed by atoms with Gasteiger partial charge in [-0.1, -0.05) is 122 Å². The molecule has 0 fully saturated rings. The maximum Gasteiger partial charge on any atom is 0.320 e. The van der Waals surface area contributed by atoms with Gasteiger partial charge in [-0.25, -0.2) is 35.1 Å². The van der Waals surface area contributed by atoms with Crippen LogP contribution in [0.25, 0.3) is 20.9 Å². The summed E-state index contributed by atoms with van der Waals surface area (Å²) in [5.41, 5.74) is 7.26. The van der Waals surface area contributed by atoms with Crippen molar-refractivity contribution in [2.24, 2.45) is 21.1 Å². The normalized spacial score (nSPS) is 19.5. The third kappa shape index (κ3) is 26.3. The smallest absolute Gasteiger partial charge is 0.320 e. The SMILES string of the molecule is [N-]=[N+]=NC1=C(F)C(F)C(CCOCCOCCOCCOCCCCCCCCCCCSSCCCCCCCCCCCOCCOCCOCCOCCC2(C(=O)O)C(F)=C(F)C(N=[N+]=[N-])=C(F)C2F)(C(=O)O)C(F)=C1F. The van der Waals surface area contributed by atoms with Gasteiger partial charge in [0.15, 0.2) is 46.5 Å². The first-order valence-corrected chi connectivity index (χ1v) is 29.9. The highest BCUT2D eigenvalue weighted by molar-refractivity contribution is 8.76. The number of azide groups is 2. The van der Waals surface area contributed by atoms with Crippen molar-refractivity contribution in [3.8, 4) is 0 Å². The molecule has 2 rings (SSSR count). The number of aliphatic carboxylic acids is 2. The lowest BCUT2D eigenvalue weighted by atomic mass is 9.74. The Labute approximate surface area is 471 Å². The molecule has 0 radical (unpaired) electrons. The van der Waals surface area contributed by atoms with Crippen LogP contribution in [0.1, 0.15) is 128 Å². The molecular formula is C52H80F8N6O12S2. The van der Waals surface area contributed by atoms with E-state index in [1.54, 1.807) is 0 Å². The number of carboxylic acids is 2. The molecule has 0 saturated heterocycles. The Balaban J connectivity index is 1.22. The molecule has 0 spiro atoms. The first-order chi connectivity index (χ1) is 38.8. The summed E-state index contributed by atoms with van der Waals surface area (Å²) in [6.07, 6.45) is 13.8. The summed E-state index contributed by atoms with van der Waals surface area (Å²) in [5.74, 6) is -14.2. The van der Waals surface area contributed by atoms with E-state index in [4.69, 9.17) is 49.0 Å². The molecule has 18 nitrogen and oxygen atoms in total. The highest BCUT2D eigenvalue weighted by atomic mass is 33.1. The Hall–Kier alpha value is -3.66. The molecule has 0 amide bonds. The van der Waals surface area contributed by atoms with Crippen molar-refractivity contribution < 1.29 is 92.8 Å². The van der Waals surface area contributed by atoms with Gasteiger partial charge in [-0.3, -0.25) is 9.59 Å². The van der Waals surface area contributed by atoms with Gasteiger partial charge in [-0.15, -0.1) is 0 Å². The van der Waals surface area contributed by atoms with Gasteiger partial charge in [-0.05, 0) is 49.6 Å². The van der Waals surface area contributed by atoms with Crippen molar-refractivity contribution >= 4 is 33.5 Å². The summed E-state index contributed by atoms with van der Waals surface area (Å²) >= 11 is 0. The molecule has 458 valence electrons. The van der Waals surface area contributed by atoms with Crippen LogP contribution in [0.4, 0.5) is 35.1 Å². The van der Waals surface area contributed by atoms with E-state index in [-0.39, 0.29) is 39.6 Å². The summed E-state index contributed by atoms with van der Waals surface area (Å²) < 4.78 is 159. The summed E-state index contributed by atoms with van der Waals surface area (Å²) in [5, 5.41) is 24.1. The molecule has 0 heterocycles. The highest BCUT2D eigenvalue weighted by Gasteiger charge is 2.59. The van der Waals surface area contributed by atoms with Crippen molar-refractivity contribution in [1.82, 2.24) is 0 Å². The summed E-state index contributed by atoms with van der Waals surface area (Å²) in [7, 11) is 4.00. The number of carbonyl (C=O) groups is 2. The largest absolute Gasteiger partial charge is 0.480 e. The molecular weight excluding hydrogens is 1120 g/mol. The fourth-order valence-corrected chi connectivity index (χ4v) is 10.7. The van der Waals surface area contributed by atoms with Crippen LogP contribution >= 0.6 is 21.6 Å². The summed E-state index contributed by atoms with van der Waals surface area (Å²) in [4.78, 5) is 27.7. The van der Waals surface area contributed by atoms with Crippen LogP contribution in [0, 0.1) is 10.8 Å². The minimum atomic E-state index is -3.20. The maximum atomic E-state index is 14.7. The lowest BCUT2D eigenvalue weighted by molar-refractivity contribution is -0.154. The predicted molar refractivity (Wildman–Crippen MR) is 287 cm³/mol. The minimum absolute atomic E-state index is 0.0577. The topological polar surface area (TPSA) is 246 Å². The first-order valence-electron chi connectivity index (χ1n) is 27.4. The average Bonchev–Trinajstić information content (AvgIpc) is 3.57. The minimum Gasteiger partial charge on any atom is -0.480 e. The van der Waals surface area contributed by atoms with Crippen LogP contribution in [0.15, 0.2) is 56.6 Å². The Kier molecular flexibility index (Phi) is 40.6. The zero-order chi connectivity index (χ0) is 58.7. The molecule has 0 bridgehead atoms. The third-order valence-electron chi connectivity index (χ3n) is 13.0. The monoisotopic (exact) mass is 1200 g/mol. The predicted octanol–water partition coefficient (Wildman–Crippen LogP) is 14.4. The number of hydrogen-bond acceptors (Lipinski definition) is 14. The number of ether oxygens (including phenoxy) is 8. The van der Waals surface area contributed by atoms with E-state index < -0.39 is 108 Å². The number of allylic oxidation sites excluding steroid dienone is 4. The van der Waals surface area contributed by atoms with Crippen molar-refractivity contribution in [3.63, 3.8) is 0 Å². The molecule has 0 aromatic rings. The number of hydrogen-bond donors (Lipinski definition) is 2. The molecule has 0 aromatic heterocycles. The van der Waals surface area contributed by atoms with E-state index in [0.29, 0.717) is 52.9 Å². The quantitative estimate of drug-likeness (QED) is 0.0144. The molecule has 0 aromatic carbocycles. The van der Waals surface area contributed by atoms with Gasteiger partial charge in [0.25, 0.3) is 0 Å². The molecule has 2 aliphatic rings. The molecule has 28 heteroatoms. The lowest BCUT2D eigenvalue weighted by Crippen LogP contribution is -2.45. The fourth-order valence-electron chi connectivity index (χ4n) is 8.38. The Bertz CT molecular complexity index is 1890. The van der Waals surface area contributed by atoms with Crippen LogP contribution in [-0.4, -0.2) is 152 Å². The van der Waals surface area contributed by atoms with Gasteiger partial charge >= 0.3 is 11.9 Å². The summed E-state index contributed by atoms with van der Waals surface area (Å²) in [6, 6.07) is 0. The van der Waals surface area contributed by atoms with E-state index in [9.17, 15) is 54.9 Å². The molecule has 2 N–H and O–H groups in total. The van der Waals surface area contributed by atoms with Gasteiger partial charge in [0, 0.05) is 47.8 Å². The zero-order valence-corrected chi connectivity index (χ0v) is 47.2. The fraction of sp³-hybridized carbons (Fsp3) is 0.808. The summed E-state index contributed by atoms with van der Waals surface area (Å²) in [6.45, 7) is 2.99. The molecule has 80 heavy (non-hydrogen) atoms. The second-order valence-electron chi connectivity index (χ2n) is 18.7. The zero-order valence-electron chi connectivity index (χ0n) is 45.5. The van der Waals surface area contributed by atoms with Gasteiger partial charge in [-0.2, -0.15) is 0 Å². The molecule has 0 aliphatic heterocycles. The van der Waals surface area contributed by atoms with Crippen LogP contribution in [0.5, 0.6) is 0 Å². The number of halogens is 8. The molecule has 0 saturated carbocycles. The number of nitrogens with zero attached hydrogens (tertiary/aromatic N) is 6. The molecule has 4 unspecified atom stereocenters. The number of unbranched alkanes of at least 4 members (excludes halogenated alkanes) is 16. The Morgan fingerprint density at radius 1 is 0.412 bits per heavy atom. The lowest BCUT2D eigenvalue weighted by Gasteiger charge is -2.33. The van der Waals surface area contributed by atoms with Crippen LogP contribution in [0.3, 0.4) is 0 Å². The van der Waals surface area contributed by atoms with Crippen molar-refractivity contribution in [2.75, 3.05) is 117 Å². The van der Waals surface area contributed by atoms with Gasteiger partial charge in [0.1, 0.15) is 23.0 Å². The van der Waals surface area contributed by atoms with Crippen molar-refractivity contribution in [2.45, 2.75) is 141 Å². The van der Waals surface area contributed by atoms with E-state index >= 15 is 0 Å². The van der Waals surface area contributed by atoms with Gasteiger partial charge < -0.3 is 48.1 Å². The standard InChI is InChI=1S/C52H80F8N6O12S2/c53-39-43(63-65-61)40(54)46(58)51(45(39)57,49(67)68)19-23-73-27-31-77-35-33-75-29-25-71-21-15-11-7-3-1-5-9-13-17-37-79-80-38-18-14-10-6-2-4-8-12-16-22-72-26-30-76-34-36-78-32-28-74-24-20-52(50(69)70)47(59)41(55)44(64-66-62)42(56)48(52)60/h45,47H,1-38H2,(H,67,68)(H,69,70). The van der Waals surface area contributed by atoms with Crippen molar-refractivity contribution in [3.05, 3.63) is 67.2 Å². The van der Waals surface area contributed by atoms with Crippen LogP contribution in [-0.2, 0) is 47.5 Å². The molecule has 2 aliphatic carbocycles. The third-order valence-corrected chi connectivity index (χ3v) is 15.6. The van der Waals surface area contributed by atoms with Crippen molar-refractivity contribution in [1.29, 1.82) is 0 Å². The van der Waals surface area contributed by atoms with Crippen LogP contribution < -0.4 is 0 Å². The average molecular weight is 1200 g/mol. The highest BCUT2D eigenvalue weighted by Crippen LogP contribution is 2.51. The number of rotatable bonds is 53. The Morgan fingerprint density at radius 3 is 0.912 bits per heavy atom. The van der Waals surface area contributed by atoms with Crippen LogP contribution in [0.2, 0.25) is 0 Å². The van der Waals surface area contributed by atoms with E-state index in [1.807, 2.05) is 21.6 Å². The van der Waals surface area contributed by atoms with Gasteiger partial charge in [0.05, 0.1) is 79.3 Å².